The smallest absolute Gasteiger partial charge is 0.267 e. The van der Waals surface area contributed by atoms with E-state index in [1.54, 1.807) is 12.2 Å². The summed E-state index contributed by atoms with van der Waals surface area (Å²) in [5.74, 6) is -0.634. The third-order valence-corrected chi connectivity index (χ3v) is 3.54. The molecule has 0 aliphatic rings. The quantitative estimate of drug-likeness (QED) is 0.353. The van der Waals surface area contributed by atoms with Gasteiger partial charge in [-0.05, 0) is 18.6 Å². The van der Waals surface area contributed by atoms with Gasteiger partial charge >= 0.3 is 0 Å². The molecule has 6 heteroatoms. The fourth-order valence-corrected chi connectivity index (χ4v) is 2.85. The summed E-state index contributed by atoms with van der Waals surface area (Å²) in [6, 6.07) is 0. The molecule has 0 bridgehead atoms. The van der Waals surface area contributed by atoms with Crippen LogP contribution in [0.2, 0.25) is 0 Å². The van der Waals surface area contributed by atoms with E-state index in [0.717, 1.165) is 13.0 Å². The Bertz CT molecular complexity index is 354. The van der Waals surface area contributed by atoms with Gasteiger partial charge in [0.1, 0.15) is 18.4 Å². The summed E-state index contributed by atoms with van der Waals surface area (Å²) in [6.45, 7) is 11.7. The monoisotopic (exact) mass is 278 g/mol. The predicted molar refractivity (Wildman–Crippen MR) is 72.8 cm³/mol. The largest absolute Gasteiger partial charge is 0.386 e. The number of quaternary nitrogens is 1. The normalized spacial score (nSPS) is 14.2. The van der Waals surface area contributed by atoms with Crippen molar-refractivity contribution in [2.24, 2.45) is 0 Å². The van der Waals surface area contributed by atoms with Gasteiger partial charge in [0.2, 0.25) is 0 Å². The molecule has 5 nitrogen and oxygen atoms in total. The van der Waals surface area contributed by atoms with Crippen molar-refractivity contribution < 1.29 is 22.6 Å². The Balaban J connectivity index is 4.83. The number of nitrogens with zero attached hydrogens (tertiary/aromatic N) is 1. The number of aliphatic hydroxyl groups is 1. The summed E-state index contributed by atoms with van der Waals surface area (Å²) in [4.78, 5) is 0. The van der Waals surface area contributed by atoms with E-state index in [4.69, 9.17) is 4.55 Å². The molecule has 0 rings (SSSR count). The van der Waals surface area contributed by atoms with Crippen LogP contribution >= 0.6 is 0 Å². The second kappa shape index (κ2) is 7.68. The molecule has 0 radical (unpaired) electrons. The van der Waals surface area contributed by atoms with Crippen LogP contribution in [0.1, 0.15) is 13.3 Å². The minimum Gasteiger partial charge on any atom is -0.386 e. The van der Waals surface area contributed by atoms with E-state index in [-0.39, 0.29) is 6.54 Å². The standard InChI is InChI=1S/C12H23NO4S/c1-4-7-13(8-5-2,9-6-3)10-12(14)11-18(15,16)17/h4-5,12,14H,1-2,6-11H2,3H3/p+1. The Labute approximate surface area is 110 Å². The van der Waals surface area contributed by atoms with Gasteiger partial charge in [-0.15, -0.1) is 0 Å². The van der Waals surface area contributed by atoms with Gasteiger partial charge in [0.15, 0.2) is 0 Å². The molecule has 0 saturated heterocycles. The zero-order valence-corrected chi connectivity index (χ0v) is 11.8. The van der Waals surface area contributed by atoms with Crippen molar-refractivity contribution in [1.82, 2.24) is 0 Å². The lowest BCUT2D eigenvalue weighted by molar-refractivity contribution is -0.920. The Hall–Kier alpha value is -0.690. The van der Waals surface area contributed by atoms with Crippen molar-refractivity contribution in [3.8, 4) is 0 Å². The van der Waals surface area contributed by atoms with Crippen LogP contribution in [0.15, 0.2) is 25.3 Å². The van der Waals surface area contributed by atoms with E-state index in [9.17, 15) is 13.5 Å². The van der Waals surface area contributed by atoms with Gasteiger partial charge < -0.3 is 9.59 Å². The molecule has 0 aromatic rings. The Morgan fingerprint density at radius 3 is 2.11 bits per heavy atom. The zero-order valence-electron chi connectivity index (χ0n) is 11.0. The SMILES string of the molecule is C=CC[N+](CC=C)(CCC)CC(O)CS(=O)(=O)O. The fraction of sp³-hybridized carbons (Fsp3) is 0.667. The highest BCUT2D eigenvalue weighted by molar-refractivity contribution is 7.85. The van der Waals surface area contributed by atoms with Crippen LogP contribution in [0, 0.1) is 0 Å². The average molecular weight is 278 g/mol. The molecular weight excluding hydrogens is 254 g/mol. The molecule has 0 spiro atoms. The molecule has 0 amide bonds. The molecule has 1 unspecified atom stereocenters. The minimum atomic E-state index is -4.15. The van der Waals surface area contributed by atoms with Crippen molar-refractivity contribution in [3.05, 3.63) is 25.3 Å². The second-order valence-corrected chi connectivity index (χ2v) is 6.09. The first-order valence-corrected chi connectivity index (χ1v) is 7.59. The average Bonchev–Trinajstić information content (AvgIpc) is 2.15. The summed E-state index contributed by atoms with van der Waals surface area (Å²) >= 11 is 0. The zero-order chi connectivity index (χ0) is 14.2. The molecule has 0 aromatic carbocycles. The summed E-state index contributed by atoms with van der Waals surface area (Å²) in [5, 5.41) is 9.78. The molecule has 0 aliphatic carbocycles. The van der Waals surface area contributed by atoms with E-state index < -0.39 is 22.0 Å². The first kappa shape index (κ1) is 17.3. The van der Waals surface area contributed by atoms with E-state index in [1.807, 2.05) is 6.92 Å². The highest BCUT2D eigenvalue weighted by Gasteiger charge is 2.29. The van der Waals surface area contributed by atoms with Gasteiger partial charge in [-0.25, -0.2) is 0 Å². The fourth-order valence-electron chi connectivity index (χ4n) is 2.26. The molecule has 2 N–H and O–H groups in total. The van der Waals surface area contributed by atoms with Crippen molar-refractivity contribution in [2.45, 2.75) is 19.4 Å². The number of aliphatic hydroxyl groups excluding tert-OH is 1. The third kappa shape index (κ3) is 6.90. The lowest BCUT2D eigenvalue weighted by Crippen LogP contribution is -2.54. The molecule has 1 atom stereocenters. The van der Waals surface area contributed by atoms with Crippen LogP contribution in [0.4, 0.5) is 0 Å². The molecule has 0 saturated carbocycles. The Kier molecular flexibility index (Phi) is 7.39. The molecule has 0 aliphatic heterocycles. The van der Waals surface area contributed by atoms with Gasteiger partial charge in [-0.1, -0.05) is 20.1 Å². The third-order valence-electron chi connectivity index (χ3n) is 2.73. The van der Waals surface area contributed by atoms with Crippen LogP contribution in [-0.2, 0) is 10.1 Å². The van der Waals surface area contributed by atoms with Crippen molar-refractivity contribution >= 4 is 10.1 Å². The van der Waals surface area contributed by atoms with Crippen LogP contribution in [-0.4, -0.2) is 60.6 Å². The van der Waals surface area contributed by atoms with Gasteiger partial charge in [0, 0.05) is 0 Å². The molecule has 0 aromatic heterocycles. The number of hydrogen-bond donors (Lipinski definition) is 2. The predicted octanol–water partition coefficient (Wildman–Crippen LogP) is 0.834. The maximum Gasteiger partial charge on any atom is 0.267 e. The molecule has 0 fully saturated rings. The van der Waals surface area contributed by atoms with Gasteiger partial charge in [-0.2, -0.15) is 8.42 Å². The first-order chi connectivity index (χ1) is 8.28. The summed E-state index contributed by atoms with van der Waals surface area (Å²) in [7, 11) is -4.15. The topological polar surface area (TPSA) is 74.6 Å². The highest BCUT2D eigenvalue weighted by atomic mass is 32.2. The van der Waals surface area contributed by atoms with Gasteiger partial charge in [0.05, 0.1) is 19.6 Å². The van der Waals surface area contributed by atoms with Gasteiger partial charge in [0.25, 0.3) is 10.1 Å². The summed E-state index contributed by atoms with van der Waals surface area (Å²) in [6.07, 6.45) is 3.31. The maximum absolute atomic E-state index is 10.7. The highest BCUT2D eigenvalue weighted by Crippen LogP contribution is 2.12. The van der Waals surface area contributed by atoms with Crippen LogP contribution in [0.3, 0.4) is 0 Å². The van der Waals surface area contributed by atoms with E-state index in [1.165, 1.54) is 0 Å². The van der Waals surface area contributed by atoms with Crippen LogP contribution < -0.4 is 0 Å². The molecule has 18 heavy (non-hydrogen) atoms. The second-order valence-electron chi connectivity index (χ2n) is 4.59. The van der Waals surface area contributed by atoms with Crippen molar-refractivity contribution in [1.29, 1.82) is 0 Å². The minimum absolute atomic E-state index is 0.256. The van der Waals surface area contributed by atoms with E-state index in [2.05, 4.69) is 13.2 Å². The van der Waals surface area contributed by atoms with Gasteiger partial charge in [-0.3, -0.25) is 4.55 Å². The van der Waals surface area contributed by atoms with E-state index in [0.29, 0.717) is 17.6 Å². The van der Waals surface area contributed by atoms with Crippen LogP contribution in [0.5, 0.6) is 0 Å². The lowest BCUT2D eigenvalue weighted by Gasteiger charge is -2.38. The molecular formula is C12H24NO4S+. The molecule has 0 heterocycles. The molecule has 106 valence electrons. The Morgan fingerprint density at radius 2 is 1.78 bits per heavy atom. The van der Waals surface area contributed by atoms with E-state index >= 15 is 0 Å². The summed E-state index contributed by atoms with van der Waals surface area (Å²) < 4.78 is 30.7. The van der Waals surface area contributed by atoms with Crippen molar-refractivity contribution in [2.75, 3.05) is 31.9 Å². The van der Waals surface area contributed by atoms with Crippen molar-refractivity contribution in [3.63, 3.8) is 0 Å². The lowest BCUT2D eigenvalue weighted by atomic mass is 10.2. The number of hydrogen-bond acceptors (Lipinski definition) is 3. The van der Waals surface area contributed by atoms with Crippen LogP contribution in [0.25, 0.3) is 0 Å². The Morgan fingerprint density at radius 1 is 1.28 bits per heavy atom. The summed E-state index contributed by atoms with van der Waals surface area (Å²) in [5.41, 5.74) is 0. The number of rotatable bonds is 10. The maximum atomic E-state index is 10.7. The first-order valence-electron chi connectivity index (χ1n) is 5.98.